The van der Waals surface area contributed by atoms with Crippen LogP contribution in [0.5, 0.6) is 11.5 Å². The highest BCUT2D eigenvalue weighted by Gasteiger charge is 2.42. The van der Waals surface area contributed by atoms with E-state index in [2.05, 4.69) is 55.1 Å². The molecule has 0 amide bonds. The number of ether oxygens (including phenoxy) is 2. The number of nitrogens with zero attached hydrogens (tertiary/aromatic N) is 2. The van der Waals surface area contributed by atoms with Gasteiger partial charge in [0.25, 0.3) is 0 Å². The monoisotopic (exact) mass is 622 g/mol. The first-order chi connectivity index (χ1) is 17.5. The number of hydrazone groups is 1. The Kier molecular flexibility index (Phi) is 6.50. The fourth-order valence-corrected chi connectivity index (χ4v) is 6.09. The van der Waals surface area contributed by atoms with Crippen LogP contribution in [0.3, 0.4) is 0 Å². The topological polar surface area (TPSA) is 34.1 Å². The fourth-order valence-electron chi connectivity index (χ4n) is 4.62. The largest absolute Gasteiger partial charge is 0.489 e. The molecule has 36 heavy (non-hydrogen) atoms. The zero-order valence-corrected chi connectivity index (χ0v) is 23.0. The molecule has 2 aliphatic rings. The van der Waals surface area contributed by atoms with Gasteiger partial charge in [0.15, 0.2) is 0 Å². The van der Waals surface area contributed by atoms with Gasteiger partial charge in [0.05, 0.1) is 16.2 Å². The molecule has 0 spiro atoms. The number of hydrogen-bond acceptors (Lipinski definition) is 4. The molecule has 6 rings (SSSR count). The smallest absolute Gasteiger partial charge is 0.213 e. The first-order valence-electron chi connectivity index (χ1n) is 11.6. The van der Waals surface area contributed by atoms with Gasteiger partial charge in [-0.1, -0.05) is 70.0 Å². The maximum atomic E-state index is 6.58. The van der Waals surface area contributed by atoms with Crippen molar-refractivity contribution in [3.8, 4) is 11.5 Å². The Hall–Kier alpha value is -2.80. The minimum Gasteiger partial charge on any atom is -0.489 e. The summed E-state index contributed by atoms with van der Waals surface area (Å²) in [6.45, 7) is 0.477. The van der Waals surface area contributed by atoms with E-state index in [4.69, 9.17) is 26.2 Å². The molecule has 4 aromatic rings. The van der Waals surface area contributed by atoms with Gasteiger partial charge in [0.2, 0.25) is 6.23 Å². The van der Waals surface area contributed by atoms with E-state index in [1.807, 2.05) is 72.8 Å². The SMILES string of the molecule is Clc1ccc(COc2ccc(C3Oc4c(Br)cc(Br)cc4C4CC(c5ccccc5)=NN43)cc2)cc1. The first kappa shape index (κ1) is 23.6. The molecule has 2 atom stereocenters. The highest BCUT2D eigenvalue weighted by Crippen LogP contribution is 2.50. The Morgan fingerprint density at radius 2 is 1.69 bits per heavy atom. The molecule has 2 aliphatic heterocycles. The lowest BCUT2D eigenvalue weighted by Crippen LogP contribution is -2.33. The molecule has 0 saturated heterocycles. The van der Waals surface area contributed by atoms with Gasteiger partial charge < -0.3 is 9.47 Å². The van der Waals surface area contributed by atoms with E-state index in [0.717, 1.165) is 59.9 Å². The Morgan fingerprint density at radius 1 is 0.944 bits per heavy atom. The number of hydrogen-bond donors (Lipinski definition) is 0. The van der Waals surface area contributed by atoms with Crippen molar-refractivity contribution >= 4 is 49.2 Å². The Morgan fingerprint density at radius 3 is 2.44 bits per heavy atom. The predicted octanol–water partition coefficient (Wildman–Crippen LogP) is 8.69. The van der Waals surface area contributed by atoms with E-state index < -0.39 is 0 Å². The molecule has 180 valence electrons. The van der Waals surface area contributed by atoms with Crippen LogP contribution in [-0.2, 0) is 6.61 Å². The summed E-state index contributed by atoms with van der Waals surface area (Å²) in [6, 6.07) is 30.3. The molecule has 0 bridgehead atoms. The van der Waals surface area contributed by atoms with Crippen molar-refractivity contribution in [1.29, 1.82) is 0 Å². The lowest BCUT2D eigenvalue weighted by molar-refractivity contribution is -0.0197. The number of benzene rings is 4. The Labute approximate surface area is 231 Å². The van der Waals surface area contributed by atoms with Gasteiger partial charge in [0, 0.05) is 27.0 Å². The second-order valence-electron chi connectivity index (χ2n) is 8.77. The van der Waals surface area contributed by atoms with E-state index in [0.29, 0.717) is 6.61 Å². The van der Waals surface area contributed by atoms with Crippen LogP contribution >= 0.6 is 43.5 Å². The second kappa shape index (κ2) is 9.92. The van der Waals surface area contributed by atoms with E-state index >= 15 is 0 Å². The molecular weight excluding hydrogens is 604 g/mol. The molecule has 4 aromatic carbocycles. The zero-order chi connectivity index (χ0) is 24.6. The van der Waals surface area contributed by atoms with Crippen LogP contribution in [0, 0.1) is 0 Å². The Bertz CT molecular complexity index is 1430. The average Bonchev–Trinajstić information content (AvgIpc) is 3.35. The summed E-state index contributed by atoms with van der Waals surface area (Å²) in [5.41, 5.74) is 5.38. The van der Waals surface area contributed by atoms with Gasteiger partial charge in [-0.3, -0.25) is 0 Å². The normalized spacial score (nSPS) is 18.2. The van der Waals surface area contributed by atoms with Crippen LogP contribution < -0.4 is 9.47 Å². The van der Waals surface area contributed by atoms with E-state index in [-0.39, 0.29) is 12.3 Å². The van der Waals surface area contributed by atoms with Gasteiger partial charge >= 0.3 is 0 Å². The second-order valence-corrected chi connectivity index (χ2v) is 11.0. The Balaban J connectivity index is 1.30. The lowest BCUT2D eigenvalue weighted by Gasteiger charge is -2.38. The third kappa shape index (κ3) is 4.65. The molecule has 0 radical (unpaired) electrons. The molecule has 2 unspecified atom stereocenters. The number of rotatable bonds is 5. The number of halogens is 3. The molecule has 2 heterocycles. The summed E-state index contributed by atoms with van der Waals surface area (Å²) in [5.74, 6) is 1.65. The maximum Gasteiger partial charge on any atom is 0.213 e. The highest BCUT2D eigenvalue weighted by atomic mass is 79.9. The summed E-state index contributed by atoms with van der Waals surface area (Å²) >= 11 is 13.3. The van der Waals surface area contributed by atoms with Gasteiger partial charge in [0.1, 0.15) is 18.1 Å². The fraction of sp³-hybridized carbons (Fsp3) is 0.138. The van der Waals surface area contributed by atoms with Crippen molar-refractivity contribution in [2.24, 2.45) is 5.10 Å². The van der Waals surface area contributed by atoms with Gasteiger partial charge in [-0.15, -0.1) is 0 Å². The summed E-state index contributed by atoms with van der Waals surface area (Å²) in [4.78, 5) is 0. The van der Waals surface area contributed by atoms with Crippen LogP contribution in [-0.4, -0.2) is 10.7 Å². The van der Waals surface area contributed by atoms with Crippen LogP contribution in [0.15, 0.2) is 105 Å². The molecule has 0 aliphatic carbocycles. The van der Waals surface area contributed by atoms with Crippen molar-refractivity contribution in [3.05, 3.63) is 127 Å². The molecule has 0 fully saturated rings. The quantitative estimate of drug-likeness (QED) is 0.223. The van der Waals surface area contributed by atoms with Crippen LogP contribution in [0.25, 0.3) is 0 Å². The first-order valence-corrected chi connectivity index (χ1v) is 13.6. The maximum absolute atomic E-state index is 6.58. The van der Waals surface area contributed by atoms with Gasteiger partial charge in [-0.25, -0.2) is 5.01 Å². The van der Waals surface area contributed by atoms with Crippen LogP contribution in [0.1, 0.15) is 40.9 Å². The zero-order valence-electron chi connectivity index (χ0n) is 19.1. The van der Waals surface area contributed by atoms with Crippen molar-refractivity contribution < 1.29 is 9.47 Å². The number of fused-ring (bicyclic) bond motifs is 3. The third-order valence-electron chi connectivity index (χ3n) is 6.40. The van der Waals surface area contributed by atoms with Crippen molar-refractivity contribution in [2.75, 3.05) is 0 Å². The summed E-state index contributed by atoms with van der Waals surface area (Å²) in [5, 5.41) is 7.86. The van der Waals surface area contributed by atoms with E-state index in [1.54, 1.807) is 0 Å². The minimum atomic E-state index is -0.355. The van der Waals surface area contributed by atoms with Crippen LogP contribution in [0.2, 0.25) is 5.02 Å². The van der Waals surface area contributed by atoms with Crippen LogP contribution in [0.4, 0.5) is 0 Å². The molecule has 7 heteroatoms. The predicted molar refractivity (Wildman–Crippen MR) is 150 cm³/mol. The minimum absolute atomic E-state index is 0.0728. The summed E-state index contributed by atoms with van der Waals surface area (Å²) in [6.07, 6.45) is 0.453. The molecular formula is C29H21Br2ClN2O2. The van der Waals surface area contributed by atoms with Crippen molar-refractivity contribution in [2.45, 2.75) is 25.3 Å². The lowest BCUT2D eigenvalue weighted by atomic mass is 9.96. The molecule has 0 saturated carbocycles. The summed E-state index contributed by atoms with van der Waals surface area (Å²) in [7, 11) is 0. The molecule has 4 nitrogen and oxygen atoms in total. The standard InChI is InChI=1S/C29H21Br2ClN2O2/c30-21-14-24-27-16-26(19-4-2-1-3-5-19)33-34(27)29(36-28(24)25(31)15-21)20-8-12-23(13-9-20)35-17-18-6-10-22(32)11-7-18/h1-15,27,29H,16-17H2. The van der Waals surface area contributed by atoms with Gasteiger partial charge in [-0.05, 0) is 75.6 Å². The van der Waals surface area contributed by atoms with E-state index in [1.165, 1.54) is 0 Å². The van der Waals surface area contributed by atoms with Gasteiger partial charge in [-0.2, -0.15) is 5.10 Å². The molecule has 0 aromatic heterocycles. The average molecular weight is 625 g/mol. The molecule has 0 N–H and O–H groups in total. The third-order valence-corrected chi connectivity index (χ3v) is 7.70. The van der Waals surface area contributed by atoms with Crippen molar-refractivity contribution in [1.82, 2.24) is 5.01 Å². The summed E-state index contributed by atoms with van der Waals surface area (Å²) < 4.78 is 14.5. The van der Waals surface area contributed by atoms with Crippen molar-refractivity contribution in [3.63, 3.8) is 0 Å². The highest BCUT2D eigenvalue weighted by molar-refractivity contribution is 9.11. The van der Waals surface area contributed by atoms with E-state index in [9.17, 15) is 0 Å².